The Morgan fingerprint density at radius 2 is 2.00 bits per heavy atom. The average molecular weight is 380 g/mol. The van der Waals surface area contributed by atoms with Crippen molar-refractivity contribution in [2.45, 2.75) is 18.9 Å². The fraction of sp³-hybridized carbons (Fsp3) is 0.500. The summed E-state index contributed by atoms with van der Waals surface area (Å²) in [5.74, 6) is -0.396. The molecule has 4 rings (SSSR count). The minimum absolute atomic E-state index is 0. The maximum Gasteiger partial charge on any atom is 0.261 e. The van der Waals surface area contributed by atoms with Crippen molar-refractivity contribution in [2.24, 2.45) is 5.92 Å². The van der Waals surface area contributed by atoms with Gasteiger partial charge in [0.2, 0.25) is 0 Å². The molecule has 1 unspecified atom stereocenters. The Labute approximate surface area is 157 Å². The van der Waals surface area contributed by atoms with Crippen molar-refractivity contribution in [1.29, 1.82) is 0 Å². The maximum atomic E-state index is 12.6. The summed E-state index contributed by atoms with van der Waals surface area (Å²) in [4.78, 5) is 38.6. The number of hydrogen-bond donors (Lipinski definition) is 2. The zero-order valence-electron chi connectivity index (χ0n) is 14.3. The zero-order chi connectivity index (χ0) is 17.4. The first-order valence-corrected chi connectivity index (χ1v) is 8.74. The molecule has 3 heterocycles. The number of carbonyl (C=O) groups excluding carboxylic acids is 3. The highest BCUT2D eigenvalue weighted by atomic mass is 35.5. The van der Waals surface area contributed by atoms with E-state index in [1.54, 1.807) is 12.1 Å². The van der Waals surface area contributed by atoms with Gasteiger partial charge in [-0.25, -0.2) is 0 Å². The third-order valence-electron chi connectivity index (χ3n) is 5.06. The van der Waals surface area contributed by atoms with Crippen LogP contribution in [0.2, 0.25) is 0 Å². The van der Waals surface area contributed by atoms with Crippen LogP contribution in [0.15, 0.2) is 18.2 Å². The Morgan fingerprint density at radius 1 is 1.23 bits per heavy atom. The number of nitrogens with one attached hydrogen (secondary N) is 2. The number of halogens is 1. The summed E-state index contributed by atoms with van der Waals surface area (Å²) >= 11 is 0. The highest BCUT2D eigenvalue weighted by molar-refractivity contribution is 6.22. The van der Waals surface area contributed by atoms with Gasteiger partial charge in [-0.05, 0) is 31.0 Å². The van der Waals surface area contributed by atoms with Crippen LogP contribution in [0.3, 0.4) is 0 Å². The van der Waals surface area contributed by atoms with Crippen molar-refractivity contribution in [3.8, 4) is 0 Å². The molecule has 0 spiro atoms. The van der Waals surface area contributed by atoms with Crippen LogP contribution < -0.4 is 10.6 Å². The molecule has 26 heavy (non-hydrogen) atoms. The molecule has 2 fully saturated rings. The summed E-state index contributed by atoms with van der Waals surface area (Å²) in [6.07, 6.45) is 1.73. The van der Waals surface area contributed by atoms with E-state index in [1.165, 1.54) is 11.0 Å². The second-order valence-corrected chi connectivity index (χ2v) is 6.85. The second-order valence-electron chi connectivity index (χ2n) is 6.85. The Bertz CT molecular complexity index is 729. The lowest BCUT2D eigenvalue weighted by Crippen LogP contribution is -2.48. The van der Waals surface area contributed by atoms with E-state index in [2.05, 4.69) is 10.6 Å². The minimum atomic E-state index is -0.339. The van der Waals surface area contributed by atoms with Gasteiger partial charge in [0.05, 0.1) is 23.8 Å². The Hall–Kier alpha value is -1.96. The van der Waals surface area contributed by atoms with Gasteiger partial charge in [-0.2, -0.15) is 0 Å². The van der Waals surface area contributed by atoms with E-state index in [4.69, 9.17) is 4.74 Å². The molecular formula is C18H22ClN3O4. The topological polar surface area (TPSA) is 87.7 Å². The molecule has 1 aromatic rings. The van der Waals surface area contributed by atoms with Crippen LogP contribution in [0.5, 0.6) is 0 Å². The number of imide groups is 1. The number of ether oxygens (including phenoxy) is 1. The van der Waals surface area contributed by atoms with Crippen molar-refractivity contribution in [1.82, 2.24) is 15.5 Å². The fourth-order valence-corrected chi connectivity index (χ4v) is 3.42. The van der Waals surface area contributed by atoms with Crippen LogP contribution in [0.1, 0.15) is 43.9 Å². The molecule has 8 heteroatoms. The molecule has 1 atom stereocenters. The average Bonchev–Trinajstić information content (AvgIpc) is 3.16. The number of rotatable bonds is 5. The first-order chi connectivity index (χ1) is 12.1. The zero-order valence-corrected chi connectivity index (χ0v) is 15.1. The summed E-state index contributed by atoms with van der Waals surface area (Å²) in [6, 6.07) is 4.71. The maximum absolute atomic E-state index is 12.6. The van der Waals surface area contributed by atoms with Crippen molar-refractivity contribution in [3.63, 3.8) is 0 Å². The molecule has 3 amide bonds. The molecule has 140 valence electrons. The third kappa shape index (κ3) is 3.47. The SMILES string of the molecule is Cl.O=C(NCC1CNC1)c1ccc2c(c1)C(=O)N(CC1CCCO1)C2=O. The highest BCUT2D eigenvalue weighted by Crippen LogP contribution is 2.26. The summed E-state index contributed by atoms with van der Waals surface area (Å²) in [5, 5.41) is 6.03. The number of hydrogen-bond acceptors (Lipinski definition) is 5. The lowest BCUT2D eigenvalue weighted by Gasteiger charge is -2.27. The van der Waals surface area contributed by atoms with Crippen molar-refractivity contribution >= 4 is 30.1 Å². The quantitative estimate of drug-likeness (QED) is 0.740. The predicted molar refractivity (Wildman–Crippen MR) is 96.7 cm³/mol. The molecule has 0 bridgehead atoms. The number of amides is 3. The van der Waals surface area contributed by atoms with E-state index in [0.29, 0.717) is 35.8 Å². The molecule has 2 N–H and O–H groups in total. The van der Waals surface area contributed by atoms with Crippen LogP contribution >= 0.6 is 12.4 Å². The van der Waals surface area contributed by atoms with Crippen molar-refractivity contribution < 1.29 is 19.1 Å². The summed E-state index contributed by atoms with van der Waals surface area (Å²) in [6.45, 7) is 3.39. The normalized spacial score (nSPS) is 22.0. The summed E-state index contributed by atoms with van der Waals surface area (Å²) in [7, 11) is 0. The molecule has 0 saturated carbocycles. The number of carbonyl (C=O) groups is 3. The van der Waals surface area contributed by atoms with E-state index >= 15 is 0 Å². The van der Waals surface area contributed by atoms with Crippen molar-refractivity contribution in [3.05, 3.63) is 34.9 Å². The van der Waals surface area contributed by atoms with Gasteiger partial charge in [0.15, 0.2) is 0 Å². The Balaban J connectivity index is 0.00000196. The first kappa shape index (κ1) is 18.8. The molecule has 1 aromatic carbocycles. The van der Waals surface area contributed by atoms with Gasteiger partial charge in [-0.15, -0.1) is 12.4 Å². The predicted octanol–water partition coefficient (Wildman–Crippen LogP) is 0.833. The lowest BCUT2D eigenvalue weighted by atomic mass is 10.0. The largest absolute Gasteiger partial charge is 0.376 e. The van der Waals surface area contributed by atoms with Crippen LogP contribution in [0.4, 0.5) is 0 Å². The number of fused-ring (bicyclic) bond motifs is 1. The van der Waals surface area contributed by atoms with E-state index in [9.17, 15) is 14.4 Å². The molecule has 7 nitrogen and oxygen atoms in total. The molecule has 3 aliphatic heterocycles. The third-order valence-corrected chi connectivity index (χ3v) is 5.06. The van der Waals surface area contributed by atoms with E-state index in [1.807, 2.05) is 0 Å². The van der Waals surface area contributed by atoms with E-state index in [-0.39, 0.29) is 42.8 Å². The van der Waals surface area contributed by atoms with Crippen molar-refractivity contribution in [2.75, 3.05) is 32.8 Å². The summed E-state index contributed by atoms with van der Waals surface area (Å²) < 4.78 is 5.53. The Morgan fingerprint density at radius 3 is 2.65 bits per heavy atom. The van der Waals surface area contributed by atoms with Crippen LogP contribution in [0.25, 0.3) is 0 Å². The molecule has 3 aliphatic rings. The molecule has 0 radical (unpaired) electrons. The molecule has 0 aromatic heterocycles. The van der Waals surface area contributed by atoms with Crippen LogP contribution in [-0.4, -0.2) is 61.5 Å². The minimum Gasteiger partial charge on any atom is -0.376 e. The monoisotopic (exact) mass is 379 g/mol. The molecular weight excluding hydrogens is 358 g/mol. The van der Waals surface area contributed by atoms with Gasteiger partial charge in [-0.1, -0.05) is 0 Å². The van der Waals surface area contributed by atoms with Gasteiger partial charge in [0, 0.05) is 37.7 Å². The van der Waals surface area contributed by atoms with Gasteiger partial charge in [-0.3, -0.25) is 19.3 Å². The standard InChI is InChI=1S/C18H21N3O4.ClH/c22-16(20-9-11-7-19-8-11)12-3-4-14-15(6-12)18(24)21(17(14)23)10-13-2-1-5-25-13;/h3-4,6,11,13,19H,1-2,5,7-10H2,(H,20,22);1H. The van der Waals surface area contributed by atoms with Gasteiger partial charge >= 0.3 is 0 Å². The number of nitrogens with zero attached hydrogens (tertiary/aromatic N) is 1. The van der Waals surface area contributed by atoms with E-state index in [0.717, 1.165) is 25.9 Å². The molecule has 0 aliphatic carbocycles. The van der Waals surface area contributed by atoms with Crippen LogP contribution in [-0.2, 0) is 4.74 Å². The van der Waals surface area contributed by atoms with Gasteiger partial charge < -0.3 is 15.4 Å². The summed E-state index contributed by atoms with van der Waals surface area (Å²) in [5.41, 5.74) is 1.08. The van der Waals surface area contributed by atoms with Gasteiger partial charge in [0.1, 0.15) is 0 Å². The molecule has 2 saturated heterocycles. The lowest BCUT2D eigenvalue weighted by molar-refractivity contribution is 0.0475. The number of benzene rings is 1. The van der Waals surface area contributed by atoms with E-state index < -0.39 is 0 Å². The fourth-order valence-electron chi connectivity index (χ4n) is 3.42. The Kier molecular flexibility index (Phi) is 5.60. The highest BCUT2D eigenvalue weighted by Gasteiger charge is 2.38. The van der Waals surface area contributed by atoms with Gasteiger partial charge in [0.25, 0.3) is 17.7 Å². The van der Waals surface area contributed by atoms with Crippen LogP contribution in [0, 0.1) is 5.92 Å². The second kappa shape index (κ2) is 7.73. The smallest absolute Gasteiger partial charge is 0.261 e. The first-order valence-electron chi connectivity index (χ1n) is 8.74.